The van der Waals surface area contributed by atoms with Crippen molar-refractivity contribution < 1.29 is 4.21 Å². The van der Waals surface area contributed by atoms with E-state index in [2.05, 4.69) is 25.9 Å². The summed E-state index contributed by atoms with van der Waals surface area (Å²) < 4.78 is 16.9. The van der Waals surface area contributed by atoms with Gasteiger partial charge in [0, 0.05) is 6.04 Å². The second-order valence-electron chi connectivity index (χ2n) is 4.02. The van der Waals surface area contributed by atoms with Crippen LogP contribution >= 0.6 is 0 Å². The predicted molar refractivity (Wildman–Crippen MR) is 68.6 cm³/mol. The lowest BCUT2D eigenvalue weighted by Crippen LogP contribution is -2.30. The van der Waals surface area contributed by atoms with Crippen LogP contribution in [0.4, 0.5) is 0 Å². The van der Waals surface area contributed by atoms with E-state index in [1.807, 2.05) is 13.8 Å². The van der Waals surface area contributed by atoms with E-state index >= 15 is 0 Å². The summed E-state index contributed by atoms with van der Waals surface area (Å²) in [5.74, 6) is 2.30. The summed E-state index contributed by atoms with van der Waals surface area (Å²) in [6.45, 7) is 3.71. The first-order chi connectivity index (χ1) is 9.04. The van der Waals surface area contributed by atoms with Gasteiger partial charge in [0.05, 0.1) is 0 Å². The van der Waals surface area contributed by atoms with Crippen molar-refractivity contribution in [3.63, 3.8) is 0 Å². The van der Waals surface area contributed by atoms with Gasteiger partial charge < -0.3 is 0 Å². The molecule has 19 heavy (non-hydrogen) atoms. The summed E-state index contributed by atoms with van der Waals surface area (Å²) in [5.41, 5.74) is -0.312. The zero-order valence-corrected chi connectivity index (χ0v) is 11.2. The maximum absolute atomic E-state index is 12.0. The molecule has 9 heteroatoms. The Morgan fingerprint density at radius 3 is 2.95 bits per heavy atom. The highest BCUT2D eigenvalue weighted by atomic mass is 32.2. The molecule has 1 atom stereocenters. The van der Waals surface area contributed by atoms with Crippen LogP contribution < -0.4 is 10.4 Å². The number of nitrogens with zero attached hydrogens (tertiary/aromatic N) is 5. The van der Waals surface area contributed by atoms with Gasteiger partial charge in [-0.2, -0.15) is 4.68 Å². The highest BCUT2D eigenvalue weighted by Crippen LogP contribution is 2.07. The van der Waals surface area contributed by atoms with Crippen molar-refractivity contribution in [1.29, 1.82) is 0 Å². The van der Waals surface area contributed by atoms with Crippen LogP contribution in [0.2, 0.25) is 0 Å². The summed E-state index contributed by atoms with van der Waals surface area (Å²) in [5, 5.41) is 7.69. The first kappa shape index (κ1) is 13.4. The van der Waals surface area contributed by atoms with E-state index < -0.39 is 16.7 Å². The largest absolute Gasteiger partial charge is 0.353 e. The monoisotopic (exact) mass is 280 g/mol. The first-order valence-corrected chi connectivity index (χ1v) is 6.62. The Morgan fingerprint density at radius 1 is 1.58 bits per heavy atom. The summed E-state index contributed by atoms with van der Waals surface area (Å²) in [4.78, 5) is 15.9. The Hall–Kier alpha value is -2.05. The van der Waals surface area contributed by atoms with Crippen molar-refractivity contribution in [2.75, 3.05) is 0 Å². The zero-order valence-electron chi connectivity index (χ0n) is 10.4. The quantitative estimate of drug-likeness (QED) is 0.720. The molecule has 2 heterocycles. The fourth-order valence-electron chi connectivity index (χ4n) is 1.40. The summed E-state index contributed by atoms with van der Waals surface area (Å²) >= 11 is 0. The highest BCUT2D eigenvalue weighted by molar-refractivity contribution is 7.83. The molecule has 0 aliphatic carbocycles. The van der Waals surface area contributed by atoms with E-state index in [1.165, 1.54) is 10.7 Å². The van der Waals surface area contributed by atoms with Crippen LogP contribution in [0.25, 0.3) is 5.65 Å². The summed E-state index contributed by atoms with van der Waals surface area (Å²) in [6, 6.07) is 0.00681. The van der Waals surface area contributed by atoms with Crippen LogP contribution in [-0.4, -0.2) is 34.6 Å². The van der Waals surface area contributed by atoms with Gasteiger partial charge in [-0.3, -0.25) is 0 Å². The molecular weight excluding hydrogens is 268 g/mol. The van der Waals surface area contributed by atoms with Crippen molar-refractivity contribution in [3.05, 3.63) is 16.8 Å². The maximum atomic E-state index is 12.0. The lowest BCUT2D eigenvalue weighted by Gasteiger charge is -2.05. The number of aromatic nitrogens is 5. The molecule has 0 amide bonds. The molecule has 8 nitrogen and oxygen atoms in total. The third kappa shape index (κ3) is 2.54. The van der Waals surface area contributed by atoms with Gasteiger partial charge in [0.25, 0.3) is 0 Å². The molecule has 0 saturated heterocycles. The topological polar surface area (TPSA) is 94.2 Å². The lowest BCUT2D eigenvalue weighted by atomic mass is 10.4. The molecule has 0 bridgehead atoms. The number of imidazole rings is 1. The molecule has 1 unspecified atom stereocenters. The van der Waals surface area contributed by atoms with Crippen LogP contribution in [0.5, 0.6) is 0 Å². The van der Waals surface area contributed by atoms with Gasteiger partial charge in [0.1, 0.15) is 23.9 Å². The molecule has 2 aromatic rings. The first-order valence-electron chi connectivity index (χ1n) is 5.47. The summed E-state index contributed by atoms with van der Waals surface area (Å²) in [6.07, 6.45) is 6.38. The third-order valence-electron chi connectivity index (χ3n) is 2.14. The van der Waals surface area contributed by atoms with Crippen LogP contribution in [0, 0.1) is 12.3 Å². The highest BCUT2D eigenvalue weighted by Gasteiger charge is 2.16. The van der Waals surface area contributed by atoms with Gasteiger partial charge in [-0.25, -0.2) is 23.1 Å². The molecule has 0 aliphatic heterocycles. The van der Waals surface area contributed by atoms with E-state index in [4.69, 9.17) is 6.42 Å². The standard InChI is InChI=1S/C10H12N6O2S/c1-4-5-16-10(17)15-6-11-9(8(15)12-14-16)19(18)13-7(2)3/h1,6-7,13H,5H2,2-3H3. The van der Waals surface area contributed by atoms with Crippen LogP contribution in [0.15, 0.2) is 16.1 Å². The average Bonchev–Trinajstić information content (AvgIpc) is 2.76. The number of terminal acetylenes is 1. The van der Waals surface area contributed by atoms with Crippen LogP contribution in [-0.2, 0) is 17.5 Å². The van der Waals surface area contributed by atoms with Crippen LogP contribution in [0.3, 0.4) is 0 Å². The fraction of sp³-hybridized carbons (Fsp3) is 0.400. The van der Waals surface area contributed by atoms with E-state index in [0.717, 1.165) is 4.68 Å². The van der Waals surface area contributed by atoms with Gasteiger partial charge in [0.2, 0.25) is 5.65 Å². The molecule has 0 aromatic carbocycles. The number of hydrogen-bond donors (Lipinski definition) is 1. The van der Waals surface area contributed by atoms with E-state index in [0.29, 0.717) is 0 Å². The number of fused-ring (bicyclic) bond motifs is 1. The Morgan fingerprint density at radius 2 is 2.32 bits per heavy atom. The molecule has 0 aliphatic rings. The maximum Gasteiger partial charge on any atom is 0.353 e. The molecule has 0 radical (unpaired) electrons. The number of nitrogens with one attached hydrogen (secondary N) is 1. The number of rotatable bonds is 4. The molecule has 0 saturated carbocycles. The van der Waals surface area contributed by atoms with Gasteiger partial charge in [-0.15, -0.1) is 11.5 Å². The Labute approximate surface area is 111 Å². The van der Waals surface area contributed by atoms with E-state index in [1.54, 1.807) is 0 Å². The normalized spacial score (nSPS) is 12.7. The van der Waals surface area contributed by atoms with Crippen molar-refractivity contribution in [2.45, 2.75) is 31.5 Å². The summed E-state index contributed by atoms with van der Waals surface area (Å²) in [7, 11) is -1.55. The molecule has 1 N–H and O–H groups in total. The predicted octanol–water partition coefficient (Wildman–Crippen LogP) is -1.06. The SMILES string of the molecule is C#CCn1nnc2c(S(=O)NC(C)C)ncn2c1=O. The van der Waals surface area contributed by atoms with Gasteiger partial charge >= 0.3 is 5.69 Å². The Bertz CT molecular complexity index is 726. The van der Waals surface area contributed by atoms with E-state index in [9.17, 15) is 9.00 Å². The minimum Gasteiger partial charge on any atom is -0.245 e. The zero-order chi connectivity index (χ0) is 14.0. The number of hydrogen-bond acceptors (Lipinski definition) is 5. The van der Waals surface area contributed by atoms with E-state index in [-0.39, 0.29) is 23.3 Å². The van der Waals surface area contributed by atoms with Gasteiger partial charge in [-0.1, -0.05) is 11.1 Å². The minimum atomic E-state index is -1.55. The molecule has 100 valence electrons. The van der Waals surface area contributed by atoms with Gasteiger partial charge in [0.15, 0.2) is 5.03 Å². The van der Waals surface area contributed by atoms with Crippen molar-refractivity contribution in [1.82, 2.24) is 29.1 Å². The molecule has 2 aromatic heterocycles. The lowest BCUT2D eigenvalue weighted by molar-refractivity contribution is 0.575. The Balaban J connectivity index is 2.51. The van der Waals surface area contributed by atoms with Crippen LogP contribution in [0.1, 0.15) is 13.8 Å². The second kappa shape index (κ2) is 5.29. The molecule has 2 rings (SSSR count). The van der Waals surface area contributed by atoms with Crippen molar-refractivity contribution >= 4 is 16.6 Å². The molecule has 0 fully saturated rings. The smallest absolute Gasteiger partial charge is 0.245 e. The Kier molecular flexibility index (Phi) is 3.73. The van der Waals surface area contributed by atoms with Crippen molar-refractivity contribution in [2.24, 2.45) is 0 Å². The molecular formula is C10H12N6O2S. The average molecular weight is 280 g/mol. The van der Waals surface area contributed by atoms with Crippen molar-refractivity contribution in [3.8, 4) is 12.3 Å². The fourth-order valence-corrected chi connectivity index (χ4v) is 2.39. The minimum absolute atomic E-state index is 0.00681. The van der Waals surface area contributed by atoms with Gasteiger partial charge in [-0.05, 0) is 13.8 Å². The molecule has 0 spiro atoms. The third-order valence-corrected chi connectivity index (χ3v) is 3.47. The second-order valence-corrected chi connectivity index (χ2v) is 5.18.